The van der Waals surface area contributed by atoms with Crippen molar-refractivity contribution in [2.45, 2.75) is 33.2 Å². The van der Waals surface area contributed by atoms with Crippen LogP contribution in [0.15, 0.2) is 4.99 Å². The van der Waals surface area contributed by atoms with Crippen molar-refractivity contribution >= 4 is 41.3 Å². The minimum Gasteiger partial charge on any atom is -0.382 e. The summed E-state index contributed by atoms with van der Waals surface area (Å²) >= 11 is 1.73. The van der Waals surface area contributed by atoms with Gasteiger partial charge in [0.15, 0.2) is 5.96 Å². The molecule has 1 rings (SSSR count). The lowest BCUT2D eigenvalue weighted by Crippen LogP contribution is -2.37. The lowest BCUT2D eigenvalue weighted by Gasteiger charge is -2.11. The molecule has 8 heteroatoms. The second kappa shape index (κ2) is 13.9. The smallest absolute Gasteiger partial charge is 0.191 e. The number of ether oxygens (including phenoxy) is 2. The van der Waals surface area contributed by atoms with Crippen LogP contribution in [0.25, 0.3) is 0 Å². The van der Waals surface area contributed by atoms with E-state index in [1.807, 2.05) is 13.8 Å². The summed E-state index contributed by atoms with van der Waals surface area (Å²) in [5.41, 5.74) is 1.10. The van der Waals surface area contributed by atoms with E-state index < -0.39 is 0 Å². The number of thiazole rings is 1. The molecule has 0 unspecified atom stereocenters. The van der Waals surface area contributed by atoms with Crippen molar-refractivity contribution in [1.29, 1.82) is 0 Å². The minimum atomic E-state index is 0. The van der Waals surface area contributed by atoms with Gasteiger partial charge in [0.05, 0.1) is 30.5 Å². The Morgan fingerprint density at radius 3 is 2.57 bits per heavy atom. The number of unbranched alkanes of at least 4 members (excludes halogenated alkanes) is 1. The first-order valence-electron chi connectivity index (χ1n) is 7.61. The fourth-order valence-electron chi connectivity index (χ4n) is 1.90. The molecule has 0 saturated carbocycles. The first-order valence-corrected chi connectivity index (χ1v) is 8.43. The molecule has 134 valence electrons. The van der Waals surface area contributed by atoms with Crippen LogP contribution in [0.4, 0.5) is 0 Å². The monoisotopic (exact) mass is 456 g/mol. The average Bonchev–Trinajstić information content (AvgIpc) is 2.83. The van der Waals surface area contributed by atoms with Gasteiger partial charge in [-0.25, -0.2) is 4.98 Å². The molecule has 0 aliphatic heterocycles. The normalized spacial score (nSPS) is 11.2. The highest BCUT2D eigenvalue weighted by atomic mass is 127. The Bertz CT molecular complexity index is 455. The van der Waals surface area contributed by atoms with Gasteiger partial charge in [0.2, 0.25) is 0 Å². The Kier molecular flexibility index (Phi) is 13.7. The van der Waals surface area contributed by atoms with Gasteiger partial charge < -0.3 is 20.1 Å². The Labute approximate surface area is 160 Å². The number of guanidine groups is 1. The van der Waals surface area contributed by atoms with E-state index in [1.165, 1.54) is 4.88 Å². The highest BCUT2D eigenvalue weighted by molar-refractivity contribution is 14.0. The van der Waals surface area contributed by atoms with Crippen LogP contribution in [0, 0.1) is 13.8 Å². The summed E-state index contributed by atoms with van der Waals surface area (Å²) in [6.07, 6.45) is 2.08. The van der Waals surface area contributed by atoms with Crippen LogP contribution in [-0.4, -0.2) is 51.5 Å². The standard InChI is InChI=1S/C15H28N4O2S.HI/c1-12-14(22-13(2)19-12)11-18-15(16-3)17-7-5-6-8-21-10-9-20-4;/h5-11H2,1-4H3,(H2,16,17,18);1H. The van der Waals surface area contributed by atoms with Crippen molar-refractivity contribution in [3.05, 3.63) is 15.6 Å². The van der Waals surface area contributed by atoms with Gasteiger partial charge in [-0.1, -0.05) is 0 Å². The van der Waals surface area contributed by atoms with Crippen LogP contribution in [0.5, 0.6) is 0 Å². The van der Waals surface area contributed by atoms with Gasteiger partial charge in [-0.2, -0.15) is 0 Å². The molecule has 0 aromatic carbocycles. The highest BCUT2D eigenvalue weighted by Crippen LogP contribution is 2.16. The first kappa shape index (κ1) is 22.6. The largest absolute Gasteiger partial charge is 0.382 e. The number of nitrogens with one attached hydrogen (secondary N) is 2. The third kappa shape index (κ3) is 10.1. The molecular weight excluding hydrogens is 427 g/mol. The van der Waals surface area contributed by atoms with E-state index in [0.717, 1.165) is 49.2 Å². The van der Waals surface area contributed by atoms with Crippen molar-refractivity contribution in [2.75, 3.05) is 40.5 Å². The van der Waals surface area contributed by atoms with E-state index in [9.17, 15) is 0 Å². The van der Waals surface area contributed by atoms with Gasteiger partial charge in [-0.05, 0) is 26.7 Å². The molecule has 0 aliphatic rings. The molecule has 2 N–H and O–H groups in total. The van der Waals surface area contributed by atoms with E-state index in [0.29, 0.717) is 13.2 Å². The van der Waals surface area contributed by atoms with Gasteiger partial charge in [-0.3, -0.25) is 4.99 Å². The minimum absolute atomic E-state index is 0. The number of aryl methyl sites for hydroxylation is 2. The summed E-state index contributed by atoms with van der Waals surface area (Å²) in [5.74, 6) is 0.825. The Morgan fingerprint density at radius 1 is 1.17 bits per heavy atom. The fraction of sp³-hybridized carbons (Fsp3) is 0.733. The molecule has 0 aliphatic carbocycles. The zero-order valence-corrected chi connectivity index (χ0v) is 17.6. The van der Waals surface area contributed by atoms with Crippen molar-refractivity contribution in [3.63, 3.8) is 0 Å². The summed E-state index contributed by atoms with van der Waals surface area (Å²) in [5, 5.41) is 7.73. The molecule has 6 nitrogen and oxygen atoms in total. The van der Waals surface area contributed by atoms with Crippen LogP contribution in [0.1, 0.15) is 28.4 Å². The highest BCUT2D eigenvalue weighted by Gasteiger charge is 2.05. The zero-order valence-electron chi connectivity index (χ0n) is 14.5. The van der Waals surface area contributed by atoms with Gasteiger partial charge in [0.25, 0.3) is 0 Å². The molecule has 0 amide bonds. The van der Waals surface area contributed by atoms with Crippen molar-refractivity contribution < 1.29 is 9.47 Å². The van der Waals surface area contributed by atoms with Crippen molar-refractivity contribution in [1.82, 2.24) is 15.6 Å². The van der Waals surface area contributed by atoms with E-state index in [4.69, 9.17) is 9.47 Å². The maximum Gasteiger partial charge on any atom is 0.191 e. The maximum absolute atomic E-state index is 5.42. The zero-order chi connectivity index (χ0) is 16.2. The molecule has 0 fully saturated rings. The predicted octanol–water partition coefficient (Wildman–Crippen LogP) is 2.49. The topological polar surface area (TPSA) is 67.8 Å². The van der Waals surface area contributed by atoms with E-state index in [-0.39, 0.29) is 24.0 Å². The van der Waals surface area contributed by atoms with Crippen LogP contribution >= 0.6 is 35.3 Å². The third-order valence-corrected chi connectivity index (χ3v) is 4.15. The summed E-state index contributed by atoms with van der Waals surface area (Å²) in [6, 6.07) is 0. The molecule has 0 spiro atoms. The average molecular weight is 456 g/mol. The Morgan fingerprint density at radius 2 is 1.96 bits per heavy atom. The molecule has 0 atom stereocenters. The Hall–Kier alpha value is -0.450. The van der Waals surface area contributed by atoms with Crippen LogP contribution < -0.4 is 10.6 Å². The van der Waals surface area contributed by atoms with Crippen molar-refractivity contribution in [2.24, 2.45) is 4.99 Å². The summed E-state index contributed by atoms with van der Waals surface area (Å²) in [7, 11) is 3.47. The van der Waals surface area contributed by atoms with Gasteiger partial charge in [0.1, 0.15) is 0 Å². The second-order valence-corrected chi connectivity index (χ2v) is 6.19. The van der Waals surface area contributed by atoms with E-state index >= 15 is 0 Å². The van der Waals surface area contributed by atoms with Gasteiger partial charge >= 0.3 is 0 Å². The van der Waals surface area contributed by atoms with Gasteiger partial charge in [0, 0.05) is 32.2 Å². The third-order valence-electron chi connectivity index (χ3n) is 3.08. The van der Waals surface area contributed by atoms with Crippen LogP contribution in [0.2, 0.25) is 0 Å². The van der Waals surface area contributed by atoms with E-state index in [1.54, 1.807) is 25.5 Å². The second-order valence-electron chi connectivity index (χ2n) is 4.91. The molecule has 1 aromatic rings. The quantitative estimate of drug-likeness (QED) is 0.245. The lowest BCUT2D eigenvalue weighted by molar-refractivity contribution is 0.0689. The summed E-state index contributed by atoms with van der Waals surface area (Å²) < 4.78 is 10.3. The maximum atomic E-state index is 5.42. The van der Waals surface area contributed by atoms with Gasteiger partial charge in [-0.15, -0.1) is 35.3 Å². The first-order chi connectivity index (χ1) is 10.7. The number of aromatic nitrogens is 1. The number of aliphatic imine (C=N–C) groups is 1. The number of rotatable bonds is 10. The number of methoxy groups -OCH3 is 1. The fourth-order valence-corrected chi connectivity index (χ4v) is 2.78. The summed E-state index contributed by atoms with van der Waals surface area (Å²) in [4.78, 5) is 9.91. The molecule has 23 heavy (non-hydrogen) atoms. The number of nitrogens with zero attached hydrogens (tertiary/aromatic N) is 2. The number of halogens is 1. The lowest BCUT2D eigenvalue weighted by atomic mass is 10.3. The predicted molar refractivity (Wildman–Crippen MR) is 107 cm³/mol. The molecule has 0 radical (unpaired) electrons. The Balaban J connectivity index is 0.00000484. The van der Waals surface area contributed by atoms with Crippen molar-refractivity contribution in [3.8, 4) is 0 Å². The SMILES string of the molecule is CN=C(NCCCCOCCOC)NCc1sc(C)nc1C.I. The molecular formula is C15H29IN4O2S. The number of hydrogen-bond acceptors (Lipinski definition) is 5. The molecule has 1 heterocycles. The number of hydrogen-bond donors (Lipinski definition) is 2. The van der Waals surface area contributed by atoms with Crippen LogP contribution in [0.3, 0.4) is 0 Å². The summed E-state index contributed by atoms with van der Waals surface area (Å²) in [6.45, 7) is 7.82. The van der Waals surface area contributed by atoms with E-state index in [2.05, 4.69) is 20.6 Å². The molecule has 1 aromatic heterocycles. The molecule has 0 bridgehead atoms. The molecule has 0 saturated heterocycles. The van der Waals surface area contributed by atoms with Crippen LogP contribution in [-0.2, 0) is 16.0 Å².